The summed E-state index contributed by atoms with van der Waals surface area (Å²) in [6.45, 7) is 1.83. The van der Waals surface area contributed by atoms with Gasteiger partial charge in [-0.25, -0.2) is 0 Å². The van der Waals surface area contributed by atoms with Crippen molar-refractivity contribution in [2.24, 2.45) is 0 Å². The second-order valence-corrected chi connectivity index (χ2v) is 8.50. The Morgan fingerprint density at radius 1 is 1.24 bits per heavy atom. The largest absolute Gasteiger partial charge is 0.497 e. The summed E-state index contributed by atoms with van der Waals surface area (Å²) >= 11 is 0. The van der Waals surface area contributed by atoms with Crippen LogP contribution in [0.3, 0.4) is 0 Å². The lowest BCUT2D eigenvalue weighted by Gasteiger charge is -2.29. The number of nitrogens with zero attached hydrogens (tertiary/aromatic N) is 5. The van der Waals surface area contributed by atoms with E-state index in [0.717, 1.165) is 22.5 Å². The molecule has 13 nitrogen and oxygen atoms in total. The molecule has 2 amide bonds. The van der Waals surface area contributed by atoms with Crippen LogP contribution in [-0.4, -0.2) is 82.4 Å². The molecule has 0 aliphatic carbocycles. The average Bonchev–Trinajstić information content (AvgIpc) is 3.71. The van der Waals surface area contributed by atoms with Crippen LogP contribution >= 0.6 is 0 Å². The molecule has 1 aliphatic heterocycles. The fraction of sp³-hybridized carbons (Fsp3) is 0.440. The summed E-state index contributed by atoms with van der Waals surface area (Å²) in [5.41, 5.74) is 0.676. The SMILES string of the molecule is CCOC(=O)CN(C(=O)Cn1nnc(-c2ccc(OC)cc2)n1)[C@H](C(=O)NC[C@H]1CCCO1)c1ccco1. The molecule has 2 atom stereocenters. The molecule has 0 saturated carbocycles. The lowest BCUT2D eigenvalue weighted by atomic mass is 10.1. The summed E-state index contributed by atoms with van der Waals surface area (Å²) in [5, 5.41) is 15.1. The van der Waals surface area contributed by atoms with Crippen molar-refractivity contribution in [3.8, 4) is 17.1 Å². The van der Waals surface area contributed by atoms with E-state index in [2.05, 4.69) is 20.7 Å². The van der Waals surface area contributed by atoms with Crippen molar-refractivity contribution >= 4 is 17.8 Å². The maximum atomic E-state index is 13.5. The van der Waals surface area contributed by atoms with Gasteiger partial charge in [0.1, 0.15) is 24.6 Å². The number of esters is 1. The topological polar surface area (TPSA) is 151 Å². The van der Waals surface area contributed by atoms with Gasteiger partial charge in [-0.2, -0.15) is 4.80 Å². The monoisotopic (exact) mass is 526 g/mol. The number of ether oxygens (including phenoxy) is 3. The Bertz CT molecular complexity index is 1210. The van der Waals surface area contributed by atoms with E-state index in [1.54, 1.807) is 50.4 Å². The van der Waals surface area contributed by atoms with Crippen LogP contribution in [-0.2, 0) is 30.4 Å². The third-order valence-corrected chi connectivity index (χ3v) is 5.90. The molecule has 3 heterocycles. The fourth-order valence-electron chi connectivity index (χ4n) is 4.03. The van der Waals surface area contributed by atoms with Crippen molar-refractivity contribution in [2.45, 2.75) is 38.5 Å². The van der Waals surface area contributed by atoms with Crippen LogP contribution in [0.4, 0.5) is 0 Å². The maximum absolute atomic E-state index is 13.5. The van der Waals surface area contributed by atoms with Gasteiger partial charge in [-0.15, -0.1) is 10.2 Å². The molecule has 1 fully saturated rings. The molecular formula is C25H30N6O7. The van der Waals surface area contributed by atoms with E-state index in [1.165, 1.54) is 6.26 Å². The van der Waals surface area contributed by atoms with Crippen LogP contribution in [0.1, 0.15) is 31.6 Å². The molecule has 1 saturated heterocycles. The van der Waals surface area contributed by atoms with Crippen LogP contribution in [0.15, 0.2) is 47.1 Å². The van der Waals surface area contributed by atoms with E-state index in [4.69, 9.17) is 18.6 Å². The quantitative estimate of drug-likeness (QED) is 0.343. The number of benzene rings is 1. The van der Waals surface area contributed by atoms with E-state index in [-0.39, 0.29) is 31.6 Å². The van der Waals surface area contributed by atoms with E-state index in [9.17, 15) is 14.4 Å². The number of rotatable bonds is 12. The van der Waals surface area contributed by atoms with Crippen molar-refractivity contribution in [1.82, 2.24) is 30.4 Å². The van der Waals surface area contributed by atoms with Crippen molar-refractivity contribution in [3.63, 3.8) is 0 Å². The van der Waals surface area contributed by atoms with E-state index in [0.29, 0.717) is 23.7 Å². The Balaban J connectivity index is 1.54. The third kappa shape index (κ3) is 6.73. The molecule has 0 spiro atoms. The van der Waals surface area contributed by atoms with Crippen LogP contribution < -0.4 is 10.1 Å². The summed E-state index contributed by atoms with van der Waals surface area (Å²) in [6.07, 6.45) is 3.02. The Kier molecular flexibility index (Phi) is 9.03. The third-order valence-electron chi connectivity index (χ3n) is 5.90. The smallest absolute Gasteiger partial charge is 0.325 e. The number of amides is 2. The molecule has 4 rings (SSSR count). The number of aromatic nitrogens is 4. The van der Waals surface area contributed by atoms with E-state index >= 15 is 0 Å². The summed E-state index contributed by atoms with van der Waals surface area (Å²) < 4.78 is 21.3. The highest BCUT2D eigenvalue weighted by molar-refractivity contribution is 5.90. The minimum absolute atomic E-state index is 0.110. The lowest BCUT2D eigenvalue weighted by Crippen LogP contribution is -2.48. The molecule has 3 aromatic rings. The zero-order valence-electron chi connectivity index (χ0n) is 21.2. The van der Waals surface area contributed by atoms with Crippen LogP contribution in [0, 0.1) is 0 Å². The highest BCUT2D eigenvalue weighted by Crippen LogP contribution is 2.23. The van der Waals surface area contributed by atoms with Gasteiger partial charge in [0.2, 0.25) is 11.7 Å². The van der Waals surface area contributed by atoms with E-state index in [1.807, 2.05) is 0 Å². The first-order valence-electron chi connectivity index (χ1n) is 12.3. The number of carbonyl (C=O) groups excluding carboxylic acids is 3. The Labute approximate surface area is 219 Å². The lowest BCUT2D eigenvalue weighted by molar-refractivity contribution is -0.153. The zero-order valence-corrected chi connectivity index (χ0v) is 21.2. The second kappa shape index (κ2) is 12.8. The first-order chi connectivity index (χ1) is 18.5. The summed E-state index contributed by atoms with van der Waals surface area (Å²) in [7, 11) is 1.57. The van der Waals surface area contributed by atoms with Gasteiger partial charge in [0, 0.05) is 18.7 Å². The van der Waals surface area contributed by atoms with Gasteiger partial charge in [-0.1, -0.05) is 0 Å². The Morgan fingerprint density at radius 3 is 2.71 bits per heavy atom. The number of carbonyl (C=O) groups is 3. The number of nitrogens with one attached hydrogen (secondary N) is 1. The van der Waals surface area contributed by atoms with Gasteiger partial charge in [0.05, 0.1) is 26.1 Å². The van der Waals surface area contributed by atoms with Gasteiger partial charge in [-0.3, -0.25) is 14.4 Å². The predicted molar refractivity (Wildman–Crippen MR) is 132 cm³/mol. The molecule has 38 heavy (non-hydrogen) atoms. The molecule has 1 aromatic carbocycles. The van der Waals surface area contributed by atoms with Gasteiger partial charge < -0.3 is 28.8 Å². The molecule has 2 aromatic heterocycles. The number of furan rings is 1. The molecule has 13 heteroatoms. The fourth-order valence-corrected chi connectivity index (χ4v) is 4.03. The normalized spacial score (nSPS) is 15.6. The first-order valence-corrected chi connectivity index (χ1v) is 12.3. The Hall–Kier alpha value is -4.26. The molecular weight excluding hydrogens is 496 g/mol. The number of tetrazole rings is 1. The van der Waals surface area contributed by atoms with Crippen molar-refractivity contribution in [3.05, 3.63) is 48.4 Å². The van der Waals surface area contributed by atoms with Crippen molar-refractivity contribution in [2.75, 3.05) is 33.4 Å². The first kappa shape index (κ1) is 26.8. The van der Waals surface area contributed by atoms with Crippen LogP contribution in [0.25, 0.3) is 11.4 Å². The summed E-state index contributed by atoms with van der Waals surface area (Å²) in [6, 6.07) is 8.98. The van der Waals surface area contributed by atoms with Crippen molar-refractivity contribution in [1.29, 1.82) is 0 Å². The molecule has 202 valence electrons. The van der Waals surface area contributed by atoms with Crippen molar-refractivity contribution < 1.29 is 33.0 Å². The molecule has 0 unspecified atom stereocenters. The highest BCUT2D eigenvalue weighted by Gasteiger charge is 2.36. The number of hydrogen-bond acceptors (Lipinski definition) is 10. The maximum Gasteiger partial charge on any atom is 0.325 e. The number of methoxy groups -OCH3 is 1. The molecule has 0 radical (unpaired) electrons. The summed E-state index contributed by atoms with van der Waals surface area (Å²) in [4.78, 5) is 41.5. The zero-order chi connectivity index (χ0) is 26.9. The van der Waals surface area contributed by atoms with Gasteiger partial charge in [-0.05, 0) is 61.4 Å². The van der Waals surface area contributed by atoms with Crippen LogP contribution in [0.5, 0.6) is 5.75 Å². The van der Waals surface area contributed by atoms with Gasteiger partial charge >= 0.3 is 5.97 Å². The van der Waals surface area contributed by atoms with Gasteiger partial charge in [0.25, 0.3) is 5.91 Å². The minimum Gasteiger partial charge on any atom is -0.497 e. The average molecular weight is 527 g/mol. The van der Waals surface area contributed by atoms with Gasteiger partial charge in [0.15, 0.2) is 6.04 Å². The predicted octanol–water partition coefficient (Wildman–Crippen LogP) is 1.37. The van der Waals surface area contributed by atoms with E-state index < -0.39 is 30.4 Å². The molecule has 1 aliphatic rings. The highest BCUT2D eigenvalue weighted by atomic mass is 16.5. The number of hydrogen-bond donors (Lipinski definition) is 1. The Morgan fingerprint density at radius 2 is 2.05 bits per heavy atom. The summed E-state index contributed by atoms with van der Waals surface area (Å²) in [5.74, 6) is -0.626. The molecule has 1 N–H and O–H groups in total. The minimum atomic E-state index is -1.23. The molecule has 0 bridgehead atoms. The standard InChI is InChI=1S/C25H30N6O7/c1-3-36-22(33)16-30(23(20-7-5-13-38-20)25(34)26-14-19-6-4-12-37-19)21(32)15-31-28-24(27-29-31)17-8-10-18(35-2)11-9-17/h5,7-11,13,19,23H,3-4,6,12,14-16H2,1-2H3,(H,26,34)/t19-,23+/m1/s1. The second-order valence-electron chi connectivity index (χ2n) is 8.50. The van der Waals surface area contributed by atoms with Crippen LogP contribution in [0.2, 0.25) is 0 Å².